The van der Waals surface area contributed by atoms with Crippen molar-refractivity contribution in [2.75, 3.05) is 44.3 Å². The number of anilines is 1. The summed E-state index contributed by atoms with van der Waals surface area (Å²) in [5.41, 5.74) is 1.02. The molecule has 1 aromatic heterocycles. The van der Waals surface area contributed by atoms with Gasteiger partial charge in [-0.05, 0) is 49.1 Å². The monoisotopic (exact) mass is 545 g/mol. The molecule has 1 amide bonds. The van der Waals surface area contributed by atoms with Crippen molar-refractivity contribution in [1.29, 1.82) is 5.26 Å². The number of benzene rings is 2. The number of hydrogen-bond donors (Lipinski definition) is 0. The number of rotatable bonds is 5. The van der Waals surface area contributed by atoms with E-state index in [0.717, 1.165) is 43.7 Å². The minimum Gasteiger partial charge on any atom is -0.378 e. The number of hydrogen-bond acceptors (Lipinski definition) is 8. The van der Waals surface area contributed by atoms with Crippen LogP contribution in [0.2, 0.25) is 0 Å². The molecule has 11 heteroatoms. The summed E-state index contributed by atoms with van der Waals surface area (Å²) in [4.78, 5) is 42.1. The van der Waals surface area contributed by atoms with Crippen LogP contribution in [-0.4, -0.2) is 59.7 Å². The number of thiazole rings is 1. The van der Waals surface area contributed by atoms with E-state index < -0.39 is 16.4 Å². The number of nitriles is 1. The van der Waals surface area contributed by atoms with Crippen LogP contribution in [0.25, 0.3) is 17.3 Å². The fourth-order valence-corrected chi connectivity index (χ4v) is 6.00. The molecule has 39 heavy (non-hydrogen) atoms. The van der Waals surface area contributed by atoms with Crippen molar-refractivity contribution in [3.63, 3.8) is 0 Å². The standard InChI is InChI=1S/C28H27N5O5S/c29-19-22(26(34)31-13-15-38-16-14-31)28-32(21-7-3-1-4-8-21)27(35)25(39-28)18-20-9-10-23(24(17-20)33(36)37)30-11-5-2-6-12-30/h1,3-4,7-10,17-18H,2,5-6,11-16H2/b25-18-,28-22-. The summed E-state index contributed by atoms with van der Waals surface area (Å²) in [7, 11) is 0. The first-order valence-electron chi connectivity index (χ1n) is 12.8. The Labute approximate surface area is 228 Å². The first kappa shape index (κ1) is 26.3. The van der Waals surface area contributed by atoms with E-state index in [1.807, 2.05) is 17.0 Å². The maximum absolute atomic E-state index is 13.7. The number of nitrogens with zero attached hydrogens (tertiary/aromatic N) is 5. The lowest BCUT2D eigenvalue weighted by atomic mass is 10.1. The molecule has 0 aliphatic carbocycles. The molecule has 0 atom stereocenters. The van der Waals surface area contributed by atoms with E-state index >= 15 is 0 Å². The van der Waals surface area contributed by atoms with E-state index in [9.17, 15) is 25.0 Å². The summed E-state index contributed by atoms with van der Waals surface area (Å²) < 4.78 is 7.17. The highest BCUT2D eigenvalue weighted by molar-refractivity contribution is 7.07. The van der Waals surface area contributed by atoms with E-state index in [-0.39, 0.29) is 20.5 Å². The third kappa shape index (κ3) is 5.48. The second-order valence-corrected chi connectivity index (χ2v) is 10.4. The molecule has 2 aromatic carbocycles. The van der Waals surface area contributed by atoms with Gasteiger partial charge in [0, 0.05) is 32.2 Å². The number of ether oxygens (including phenoxy) is 1. The fourth-order valence-electron chi connectivity index (χ4n) is 4.90. The van der Waals surface area contributed by atoms with Crippen molar-refractivity contribution in [2.24, 2.45) is 0 Å². The Balaban J connectivity index is 1.67. The summed E-state index contributed by atoms with van der Waals surface area (Å²) in [6.07, 6.45) is 4.67. The van der Waals surface area contributed by atoms with Gasteiger partial charge in [-0.1, -0.05) is 24.3 Å². The van der Waals surface area contributed by atoms with Crippen molar-refractivity contribution >= 4 is 40.3 Å². The molecule has 0 bridgehead atoms. The SMILES string of the molecule is N#C/C(C(=O)N1CCOCC1)=c1/s/c(=C\c2ccc(N3CCCCC3)c([N+](=O)[O-])c2)c(=O)n1-c1ccccc1. The molecule has 0 N–H and O–H groups in total. The maximum Gasteiger partial charge on any atom is 0.293 e. The number of para-hydroxylation sites is 1. The van der Waals surface area contributed by atoms with Crippen molar-refractivity contribution < 1.29 is 14.5 Å². The van der Waals surface area contributed by atoms with E-state index in [1.54, 1.807) is 47.4 Å². The molecule has 3 heterocycles. The van der Waals surface area contributed by atoms with E-state index in [4.69, 9.17) is 4.74 Å². The lowest BCUT2D eigenvalue weighted by Gasteiger charge is -2.28. The molecule has 2 aliphatic heterocycles. The number of morpholine rings is 1. The van der Waals surface area contributed by atoms with Gasteiger partial charge >= 0.3 is 0 Å². The number of aromatic nitrogens is 1. The number of nitro groups is 1. The van der Waals surface area contributed by atoms with Crippen molar-refractivity contribution in [1.82, 2.24) is 9.47 Å². The normalized spacial score (nSPS) is 17.1. The van der Waals surface area contributed by atoms with Crippen molar-refractivity contribution in [3.8, 4) is 11.8 Å². The van der Waals surface area contributed by atoms with Gasteiger partial charge in [0.1, 0.15) is 16.4 Å². The van der Waals surface area contributed by atoms with Gasteiger partial charge in [-0.2, -0.15) is 5.26 Å². The molecule has 2 saturated heterocycles. The number of piperidine rings is 1. The molecule has 0 unspecified atom stereocenters. The first-order chi connectivity index (χ1) is 19.0. The quantitative estimate of drug-likeness (QED) is 0.356. The number of carbonyl (C=O) groups is 1. The summed E-state index contributed by atoms with van der Waals surface area (Å²) >= 11 is 1.02. The highest BCUT2D eigenvalue weighted by Gasteiger charge is 2.25. The van der Waals surface area contributed by atoms with Gasteiger partial charge in [0.2, 0.25) is 0 Å². The zero-order chi connectivity index (χ0) is 27.4. The predicted octanol–water partition coefficient (Wildman–Crippen LogP) is 2.16. The Hall–Kier alpha value is -4.27. The lowest BCUT2D eigenvalue weighted by Crippen LogP contribution is -2.42. The lowest BCUT2D eigenvalue weighted by molar-refractivity contribution is -0.384. The van der Waals surface area contributed by atoms with Crippen LogP contribution in [-0.2, 0) is 9.53 Å². The molecule has 5 rings (SSSR count). The first-order valence-corrected chi connectivity index (χ1v) is 13.6. The Morgan fingerprint density at radius 1 is 1.05 bits per heavy atom. The van der Waals surface area contributed by atoms with Crippen LogP contribution in [0, 0.1) is 21.4 Å². The van der Waals surface area contributed by atoms with Gasteiger partial charge in [0.05, 0.1) is 28.4 Å². The predicted molar refractivity (Wildman–Crippen MR) is 148 cm³/mol. The van der Waals surface area contributed by atoms with Crippen LogP contribution in [0.3, 0.4) is 0 Å². The molecule has 0 radical (unpaired) electrons. The maximum atomic E-state index is 13.7. The molecule has 0 saturated carbocycles. The van der Waals surface area contributed by atoms with Crippen LogP contribution < -0.4 is 19.7 Å². The fraction of sp³-hybridized carbons (Fsp3) is 0.321. The van der Waals surface area contributed by atoms with Crippen LogP contribution in [0.5, 0.6) is 0 Å². The summed E-state index contributed by atoms with van der Waals surface area (Å²) in [5.74, 6) is -0.459. The molecule has 200 valence electrons. The van der Waals surface area contributed by atoms with Gasteiger partial charge in [-0.3, -0.25) is 24.3 Å². The highest BCUT2D eigenvalue weighted by atomic mass is 32.1. The Bertz CT molecular complexity index is 1610. The van der Waals surface area contributed by atoms with E-state index in [1.165, 1.54) is 10.6 Å². The van der Waals surface area contributed by atoms with Crippen LogP contribution >= 0.6 is 11.3 Å². The van der Waals surface area contributed by atoms with Gasteiger partial charge in [0.15, 0.2) is 5.57 Å². The van der Waals surface area contributed by atoms with E-state index in [2.05, 4.69) is 0 Å². The van der Waals surface area contributed by atoms with Gasteiger partial charge in [-0.15, -0.1) is 11.3 Å². The minimum absolute atomic E-state index is 0.0161. The van der Waals surface area contributed by atoms with Crippen molar-refractivity contribution in [2.45, 2.75) is 19.3 Å². The largest absolute Gasteiger partial charge is 0.378 e. The Morgan fingerprint density at radius 2 is 1.77 bits per heavy atom. The number of amides is 1. The topological polar surface area (TPSA) is 122 Å². The average molecular weight is 546 g/mol. The summed E-state index contributed by atoms with van der Waals surface area (Å²) in [6, 6.07) is 15.8. The van der Waals surface area contributed by atoms with E-state index in [0.29, 0.717) is 43.2 Å². The minimum atomic E-state index is -0.459. The smallest absolute Gasteiger partial charge is 0.293 e. The molecule has 3 aromatic rings. The molecule has 2 fully saturated rings. The molecular weight excluding hydrogens is 518 g/mol. The van der Waals surface area contributed by atoms with Gasteiger partial charge < -0.3 is 14.5 Å². The molecular formula is C28H27N5O5S. The van der Waals surface area contributed by atoms with Crippen LogP contribution in [0.1, 0.15) is 24.8 Å². The second kappa shape index (κ2) is 11.6. The average Bonchev–Trinajstić information content (AvgIpc) is 3.29. The zero-order valence-electron chi connectivity index (χ0n) is 21.2. The summed E-state index contributed by atoms with van der Waals surface area (Å²) in [6.45, 7) is 3.01. The molecule has 2 aliphatic rings. The van der Waals surface area contributed by atoms with Gasteiger partial charge in [0.25, 0.3) is 17.2 Å². The van der Waals surface area contributed by atoms with Crippen LogP contribution in [0.15, 0.2) is 53.3 Å². The zero-order valence-corrected chi connectivity index (χ0v) is 22.1. The van der Waals surface area contributed by atoms with Gasteiger partial charge in [-0.25, -0.2) is 0 Å². The highest BCUT2D eigenvalue weighted by Crippen LogP contribution is 2.31. The second-order valence-electron chi connectivity index (χ2n) is 9.34. The Morgan fingerprint density at radius 3 is 2.44 bits per heavy atom. The van der Waals surface area contributed by atoms with Crippen molar-refractivity contribution in [3.05, 3.63) is 83.8 Å². The third-order valence-electron chi connectivity index (χ3n) is 6.87. The number of carbonyl (C=O) groups excluding carboxylic acids is 1. The third-order valence-corrected chi connectivity index (χ3v) is 7.96. The molecule has 10 nitrogen and oxygen atoms in total. The molecule has 0 spiro atoms. The Kier molecular flexibility index (Phi) is 7.86. The summed E-state index contributed by atoms with van der Waals surface area (Å²) in [5, 5.41) is 22.0. The van der Waals surface area contributed by atoms with Crippen LogP contribution in [0.4, 0.5) is 11.4 Å². The number of nitro benzene ring substituents is 1.